The molecule has 2 aromatic rings. The summed E-state index contributed by atoms with van der Waals surface area (Å²) >= 11 is 1.65. The molecule has 21 heavy (non-hydrogen) atoms. The van der Waals surface area contributed by atoms with E-state index in [4.69, 9.17) is 0 Å². The van der Waals surface area contributed by atoms with Gasteiger partial charge in [0.05, 0.1) is 0 Å². The second kappa shape index (κ2) is 6.98. The zero-order valence-corrected chi connectivity index (χ0v) is 13.6. The van der Waals surface area contributed by atoms with Crippen LogP contribution in [0.25, 0.3) is 11.2 Å². The highest BCUT2D eigenvalue weighted by Crippen LogP contribution is 2.22. The molecule has 0 spiro atoms. The van der Waals surface area contributed by atoms with Gasteiger partial charge in [-0.25, -0.2) is 9.78 Å². The van der Waals surface area contributed by atoms with Gasteiger partial charge in [0.2, 0.25) is 0 Å². The van der Waals surface area contributed by atoms with Crippen molar-refractivity contribution in [3.63, 3.8) is 0 Å². The van der Waals surface area contributed by atoms with Crippen molar-refractivity contribution in [3.05, 3.63) is 20.8 Å². The van der Waals surface area contributed by atoms with Crippen LogP contribution in [0.15, 0.2) is 14.7 Å². The fourth-order valence-electron chi connectivity index (χ4n) is 2.31. The minimum absolute atomic E-state index is 0.361. The first-order chi connectivity index (χ1) is 10.1. The molecule has 2 aromatic heterocycles. The van der Waals surface area contributed by atoms with E-state index >= 15 is 0 Å². The Morgan fingerprint density at radius 1 is 1.19 bits per heavy atom. The van der Waals surface area contributed by atoms with Gasteiger partial charge in [0.15, 0.2) is 16.3 Å². The minimum atomic E-state index is -0.423. The average molecular weight is 310 g/mol. The Hall–Kier alpha value is -1.50. The molecular formula is C14H22N4O2S. The molecule has 2 heterocycles. The predicted molar refractivity (Wildman–Crippen MR) is 86.1 cm³/mol. The maximum Gasteiger partial charge on any atom is 0.329 e. The van der Waals surface area contributed by atoms with Gasteiger partial charge in [-0.1, -0.05) is 37.9 Å². The molecule has 1 N–H and O–H groups in total. The Labute approximate surface area is 127 Å². The number of rotatable bonds is 7. The summed E-state index contributed by atoms with van der Waals surface area (Å²) in [6, 6.07) is 0. The van der Waals surface area contributed by atoms with E-state index in [9.17, 15) is 9.59 Å². The number of nitrogens with zero attached hydrogens (tertiary/aromatic N) is 3. The van der Waals surface area contributed by atoms with Crippen LogP contribution in [-0.2, 0) is 13.6 Å². The number of hydrogen-bond acceptors (Lipinski definition) is 4. The molecule has 6 nitrogen and oxygen atoms in total. The van der Waals surface area contributed by atoms with Crippen LogP contribution in [0.3, 0.4) is 0 Å². The normalized spacial score (nSPS) is 11.4. The standard InChI is InChI=1S/C14H22N4O2S/c1-4-6-7-8-9-21-14-15-11-10(18(14)5-2)12(19)16-13(20)17(11)3/h4-9H2,1-3H3,(H,16,19,20). The van der Waals surface area contributed by atoms with E-state index < -0.39 is 5.69 Å². The lowest BCUT2D eigenvalue weighted by Crippen LogP contribution is -2.29. The molecule has 0 aromatic carbocycles. The van der Waals surface area contributed by atoms with Crippen LogP contribution in [0, 0.1) is 0 Å². The van der Waals surface area contributed by atoms with Gasteiger partial charge in [-0.05, 0) is 13.3 Å². The van der Waals surface area contributed by atoms with Crippen molar-refractivity contribution in [1.29, 1.82) is 0 Å². The summed E-state index contributed by atoms with van der Waals surface area (Å²) in [5, 5.41) is 0.815. The van der Waals surface area contributed by atoms with Gasteiger partial charge in [0.1, 0.15) is 0 Å². The SMILES string of the molecule is CCCCCCSc1nc2c(c(=O)[nH]c(=O)n2C)n1CC. The molecule has 0 aliphatic rings. The molecule has 2 rings (SSSR count). The number of unbranched alkanes of at least 4 members (excludes halogenated alkanes) is 3. The van der Waals surface area contributed by atoms with E-state index in [-0.39, 0.29) is 5.56 Å². The predicted octanol–water partition coefficient (Wildman–Crippen LogP) is 2.12. The smallest absolute Gasteiger partial charge is 0.313 e. The van der Waals surface area contributed by atoms with Crippen LogP contribution >= 0.6 is 11.8 Å². The lowest BCUT2D eigenvalue weighted by Gasteiger charge is -2.04. The van der Waals surface area contributed by atoms with Crippen LogP contribution in [0.4, 0.5) is 0 Å². The molecule has 0 aliphatic carbocycles. The van der Waals surface area contributed by atoms with Crippen molar-refractivity contribution < 1.29 is 0 Å². The summed E-state index contributed by atoms with van der Waals surface area (Å²) in [5.41, 5.74) is 0.158. The molecule has 0 atom stereocenters. The highest BCUT2D eigenvalue weighted by atomic mass is 32.2. The topological polar surface area (TPSA) is 72.7 Å². The second-order valence-corrected chi connectivity index (χ2v) is 6.10. The van der Waals surface area contributed by atoms with Crippen molar-refractivity contribution in [1.82, 2.24) is 19.1 Å². The quantitative estimate of drug-likeness (QED) is 0.628. The first-order valence-corrected chi connectivity index (χ1v) is 8.41. The first-order valence-electron chi connectivity index (χ1n) is 7.42. The largest absolute Gasteiger partial charge is 0.329 e. The number of aryl methyl sites for hydroxylation is 2. The maximum absolute atomic E-state index is 12.0. The minimum Gasteiger partial charge on any atom is -0.313 e. The maximum atomic E-state index is 12.0. The van der Waals surface area contributed by atoms with Crippen LogP contribution in [0.5, 0.6) is 0 Å². The van der Waals surface area contributed by atoms with E-state index in [1.54, 1.807) is 18.8 Å². The Kier molecular flexibility index (Phi) is 5.27. The molecule has 0 aliphatic heterocycles. The monoisotopic (exact) mass is 310 g/mol. The number of fused-ring (bicyclic) bond motifs is 1. The summed E-state index contributed by atoms with van der Waals surface area (Å²) < 4.78 is 3.28. The molecule has 7 heteroatoms. The fraction of sp³-hybridized carbons (Fsp3) is 0.643. The van der Waals surface area contributed by atoms with Gasteiger partial charge in [-0.15, -0.1) is 0 Å². The van der Waals surface area contributed by atoms with Crippen molar-refractivity contribution >= 4 is 22.9 Å². The van der Waals surface area contributed by atoms with Crippen molar-refractivity contribution in [2.24, 2.45) is 7.05 Å². The third kappa shape index (κ3) is 3.23. The number of aromatic amines is 1. The van der Waals surface area contributed by atoms with Gasteiger partial charge in [0, 0.05) is 19.3 Å². The molecule has 116 valence electrons. The van der Waals surface area contributed by atoms with Crippen LogP contribution in [-0.4, -0.2) is 24.9 Å². The summed E-state index contributed by atoms with van der Waals surface area (Å²) in [4.78, 5) is 30.5. The number of aromatic nitrogens is 4. The van der Waals surface area contributed by atoms with Gasteiger partial charge < -0.3 is 4.57 Å². The Morgan fingerprint density at radius 3 is 2.62 bits per heavy atom. The average Bonchev–Trinajstić information content (AvgIpc) is 2.84. The number of H-pyrrole nitrogens is 1. The zero-order chi connectivity index (χ0) is 15.4. The van der Waals surface area contributed by atoms with Crippen molar-refractivity contribution in [2.45, 2.75) is 51.2 Å². The van der Waals surface area contributed by atoms with Crippen LogP contribution in [0.1, 0.15) is 39.5 Å². The molecule has 0 fully saturated rings. The summed E-state index contributed by atoms with van der Waals surface area (Å²) in [7, 11) is 1.63. The lowest BCUT2D eigenvalue weighted by molar-refractivity contribution is 0.691. The molecule has 0 amide bonds. The van der Waals surface area contributed by atoms with E-state index in [1.807, 2.05) is 11.5 Å². The second-order valence-electron chi connectivity index (χ2n) is 5.04. The number of thioether (sulfide) groups is 1. The number of hydrogen-bond donors (Lipinski definition) is 1. The lowest BCUT2D eigenvalue weighted by atomic mass is 10.2. The molecule has 0 bridgehead atoms. The molecule has 0 saturated carbocycles. The Bertz CT molecular complexity index is 729. The van der Waals surface area contributed by atoms with Crippen LogP contribution < -0.4 is 11.2 Å². The summed E-state index contributed by atoms with van der Waals surface area (Å²) in [6.07, 6.45) is 4.82. The summed E-state index contributed by atoms with van der Waals surface area (Å²) in [5.74, 6) is 0.981. The van der Waals surface area contributed by atoms with Crippen molar-refractivity contribution in [3.8, 4) is 0 Å². The van der Waals surface area contributed by atoms with Gasteiger partial charge >= 0.3 is 5.69 Å². The van der Waals surface area contributed by atoms with Gasteiger partial charge in [-0.2, -0.15) is 0 Å². The van der Waals surface area contributed by atoms with Gasteiger partial charge in [0.25, 0.3) is 5.56 Å². The highest BCUT2D eigenvalue weighted by molar-refractivity contribution is 7.99. The van der Waals surface area contributed by atoms with E-state index in [2.05, 4.69) is 16.9 Å². The van der Waals surface area contributed by atoms with Crippen LogP contribution in [0.2, 0.25) is 0 Å². The third-order valence-corrected chi connectivity index (χ3v) is 4.58. The molecule has 0 radical (unpaired) electrons. The summed E-state index contributed by atoms with van der Waals surface area (Å²) in [6.45, 7) is 4.83. The zero-order valence-electron chi connectivity index (χ0n) is 12.8. The number of imidazole rings is 1. The van der Waals surface area contributed by atoms with Gasteiger partial charge in [-0.3, -0.25) is 14.3 Å². The van der Waals surface area contributed by atoms with E-state index in [0.29, 0.717) is 17.7 Å². The molecular weight excluding hydrogens is 288 g/mol. The number of nitrogens with one attached hydrogen (secondary N) is 1. The third-order valence-electron chi connectivity index (χ3n) is 3.52. The Morgan fingerprint density at radius 2 is 1.95 bits per heavy atom. The highest BCUT2D eigenvalue weighted by Gasteiger charge is 2.16. The van der Waals surface area contributed by atoms with E-state index in [1.165, 1.54) is 23.8 Å². The molecule has 0 saturated heterocycles. The Balaban J connectivity index is 2.32. The first kappa shape index (κ1) is 15.9. The molecule has 0 unspecified atom stereocenters. The fourth-order valence-corrected chi connectivity index (χ4v) is 3.37. The van der Waals surface area contributed by atoms with Crippen molar-refractivity contribution in [2.75, 3.05) is 5.75 Å². The van der Waals surface area contributed by atoms with E-state index in [0.717, 1.165) is 17.3 Å².